The number of benzene rings is 1. The number of hydrogen-bond acceptors (Lipinski definition) is 2. The van der Waals surface area contributed by atoms with Crippen molar-refractivity contribution in [3.63, 3.8) is 0 Å². The Morgan fingerprint density at radius 1 is 1.00 bits per heavy atom. The molecule has 0 radical (unpaired) electrons. The molecular weight excluding hydrogens is 320 g/mol. The Bertz CT molecular complexity index is 614. The van der Waals surface area contributed by atoms with Gasteiger partial charge in [0.25, 0.3) is 0 Å². The molecule has 0 aromatic heterocycles. The van der Waals surface area contributed by atoms with Gasteiger partial charge >= 0.3 is 0 Å². The van der Waals surface area contributed by atoms with E-state index in [-0.39, 0.29) is 5.41 Å². The van der Waals surface area contributed by atoms with E-state index in [1.807, 2.05) is 0 Å². The Labute approximate surface area is 158 Å². The molecule has 1 N–H and O–H groups in total. The summed E-state index contributed by atoms with van der Waals surface area (Å²) in [7, 11) is 0. The third kappa shape index (κ3) is 3.43. The highest BCUT2D eigenvalue weighted by Crippen LogP contribution is 2.60. The van der Waals surface area contributed by atoms with Gasteiger partial charge in [0.15, 0.2) is 0 Å². The van der Waals surface area contributed by atoms with Gasteiger partial charge in [-0.3, -0.25) is 9.69 Å². The van der Waals surface area contributed by atoms with E-state index >= 15 is 0 Å². The molecule has 3 nitrogen and oxygen atoms in total. The fraction of sp³-hybridized carbons (Fsp3) is 0.696. The van der Waals surface area contributed by atoms with Crippen molar-refractivity contribution >= 4 is 5.91 Å². The smallest absolute Gasteiger partial charge is 0.226 e. The predicted octanol–water partition coefficient (Wildman–Crippen LogP) is 4.36. The van der Waals surface area contributed by atoms with Gasteiger partial charge in [-0.05, 0) is 80.5 Å². The molecule has 4 aliphatic carbocycles. The van der Waals surface area contributed by atoms with Crippen LogP contribution in [0.2, 0.25) is 0 Å². The van der Waals surface area contributed by atoms with E-state index < -0.39 is 0 Å². The lowest BCUT2D eigenvalue weighted by Crippen LogP contribution is -2.53. The number of carbonyl (C=O) groups is 1. The molecule has 1 amide bonds. The zero-order valence-corrected chi connectivity index (χ0v) is 16.5. The minimum atomic E-state index is -0.0391. The van der Waals surface area contributed by atoms with E-state index in [0.29, 0.717) is 12.5 Å². The quantitative estimate of drug-likeness (QED) is 0.789. The zero-order chi connectivity index (χ0) is 18.1. The largest absolute Gasteiger partial charge is 0.352 e. The lowest BCUT2D eigenvalue weighted by Gasteiger charge is -2.55. The van der Waals surface area contributed by atoms with Gasteiger partial charge in [0, 0.05) is 18.5 Å². The molecule has 142 valence electrons. The molecule has 5 rings (SSSR count). The molecular formula is C23H34N2O. The van der Waals surface area contributed by atoms with Gasteiger partial charge in [0.2, 0.25) is 5.91 Å². The molecule has 0 aliphatic heterocycles. The molecule has 3 heteroatoms. The summed E-state index contributed by atoms with van der Waals surface area (Å²) in [6, 6.07) is 8.60. The monoisotopic (exact) mass is 354 g/mol. The van der Waals surface area contributed by atoms with Gasteiger partial charge in [0.05, 0.1) is 0 Å². The van der Waals surface area contributed by atoms with E-state index in [2.05, 4.69) is 48.3 Å². The summed E-state index contributed by atoms with van der Waals surface area (Å²) < 4.78 is 0. The first-order chi connectivity index (χ1) is 12.6. The van der Waals surface area contributed by atoms with Crippen molar-refractivity contribution in [2.24, 2.45) is 23.2 Å². The van der Waals surface area contributed by atoms with Crippen LogP contribution in [-0.4, -0.2) is 23.9 Å². The molecule has 0 saturated heterocycles. The van der Waals surface area contributed by atoms with Crippen molar-refractivity contribution in [1.82, 2.24) is 10.2 Å². The van der Waals surface area contributed by atoms with Gasteiger partial charge in [-0.1, -0.05) is 38.1 Å². The van der Waals surface area contributed by atoms with Gasteiger partial charge in [-0.15, -0.1) is 0 Å². The highest BCUT2D eigenvalue weighted by molar-refractivity contribution is 5.83. The first-order valence-corrected chi connectivity index (χ1v) is 10.7. The molecule has 4 saturated carbocycles. The second-order valence-corrected chi connectivity index (χ2v) is 9.11. The van der Waals surface area contributed by atoms with E-state index in [1.54, 1.807) is 0 Å². The maximum Gasteiger partial charge on any atom is 0.226 e. The average Bonchev–Trinajstić information content (AvgIpc) is 2.63. The number of nitrogens with zero attached hydrogens (tertiary/aromatic N) is 1. The lowest BCUT2D eigenvalue weighted by molar-refractivity contribution is -0.146. The van der Waals surface area contributed by atoms with Crippen LogP contribution >= 0.6 is 0 Å². The summed E-state index contributed by atoms with van der Waals surface area (Å²) in [6.07, 6.45) is 7.60. The highest BCUT2D eigenvalue weighted by atomic mass is 16.2. The van der Waals surface area contributed by atoms with Crippen molar-refractivity contribution in [2.45, 2.75) is 65.5 Å². The van der Waals surface area contributed by atoms with Gasteiger partial charge in [0.1, 0.15) is 0 Å². The molecule has 1 aromatic rings. The topological polar surface area (TPSA) is 32.3 Å². The number of carbonyl (C=O) groups excluding carboxylic acids is 1. The van der Waals surface area contributed by atoms with Gasteiger partial charge < -0.3 is 5.32 Å². The summed E-state index contributed by atoms with van der Waals surface area (Å²) in [6.45, 7) is 8.19. The second-order valence-electron chi connectivity index (χ2n) is 9.11. The van der Waals surface area contributed by atoms with Crippen LogP contribution in [0, 0.1) is 23.2 Å². The van der Waals surface area contributed by atoms with Crippen LogP contribution in [0.15, 0.2) is 24.3 Å². The fourth-order valence-electron chi connectivity index (χ4n) is 6.32. The Kier molecular flexibility index (Phi) is 5.09. The van der Waals surface area contributed by atoms with E-state index in [0.717, 1.165) is 56.7 Å². The van der Waals surface area contributed by atoms with Crippen molar-refractivity contribution < 1.29 is 4.79 Å². The molecule has 0 atom stereocenters. The van der Waals surface area contributed by atoms with Crippen molar-refractivity contribution in [3.05, 3.63) is 35.4 Å². The van der Waals surface area contributed by atoms with E-state index in [9.17, 15) is 4.79 Å². The average molecular weight is 355 g/mol. The van der Waals surface area contributed by atoms with Crippen LogP contribution in [0.5, 0.6) is 0 Å². The summed E-state index contributed by atoms with van der Waals surface area (Å²) in [5.74, 6) is 2.81. The molecule has 0 spiro atoms. The van der Waals surface area contributed by atoms with Crippen LogP contribution in [0.1, 0.15) is 63.5 Å². The van der Waals surface area contributed by atoms with E-state index in [4.69, 9.17) is 0 Å². The Hall–Kier alpha value is -1.35. The zero-order valence-electron chi connectivity index (χ0n) is 16.5. The normalized spacial score (nSPS) is 32.2. The summed E-state index contributed by atoms with van der Waals surface area (Å²) in [4.78, 5) is 15.6. The minimum Gasteiger partial charge on any atom is -0.352 e. The summed E-state index contributed by atoms with van der Waals surface area (Å²) >= 11 is 0. The molecule has 0 heterocycles. The Morgan fingerprint density at radius 2 is 1.54 bits per heavy atom. The second kappa shape index (κ2) is 7.34. The Balaban J connectivity index is 1.42. The molecule has 26 heavy (non-hydrogen) atoms. The molecule has 0 unspecified atom stereocenters. The van der Waals surface area contributed by atoms with Crippen molar-refractivity contribution in [2.75, 3.05) is 13.1 Å². The number of rotatable bonds is 7. The highest BCUT2D eigenvalue weighted by Gasteiger charge is 2.54. The van der Waals surface area contributed by atoms with Crippen LogP contribution < -0.4 is 5.32 Å². The standard InChI is InChI=1S/C23H34N2O/c1-3-25(4-2)16-21-8-6-5-7-20(21)15-24-22(26)23-12-17-9-18(13-23)11-19(10-17)14-23/h5-8,17-19H,3-4,9-16H2,1-2H3,(H,24,26). The number of amides is 1. The Morgan fingerprint density at radius 3 is 2.08 bits per heavy atom. The summed E-state index contributed by atoms with van der Waals surface area (Å²) in [5, 5.41) is 3.35. The number of hydrogen-bond donors (Lipinski definition) is 1. The van der Waals surface area contributed by atoms with E-state index in [1.165, 1.54) is 30.4 Å². The summed E-state index contributed by atoms with van der Waals surface area (Å²) in [5.41, 5.74) is 2.59. The SMILES string of the molecule is CCN(CC)Cc1ccccc1CNC(=O)C12CC3CC(CC(C3)C1)C2. The first-order valence-electron chi connectivity index (χ1n) is 10.7. The lowest BCUT2D eigenvalue weighted by atomic mass is 9.49. The van der Waals surface area contributed by atoms with Crippen molar-refractivity contribution in [3.8, 4) is 0 Å². The van der Waals surface area contributed by atoms with Crippen LogP contribution in [-0.2, 0) is 17.9 Å². The van der Waals surface area contributed by atoms with Crippen LogP contribution in [0.3, 0.4) is 0 Å². The molecule has 4 bridgehead atoms. The van der Waals surface area contributed by atoms with Gasteiger partial charge in [-0.25, -0.2) is 0 Å². The predicted molar refractivity (Wildman–Crippen MR) is 106 cm³/mol. The van der Waals surface area contributed by atoms with Crippen molar-refractivity contribution in [1.29, 1.82) is 0 Å². The maximum absolute atomic E-state index is 13.2. The third-order valence-corrected chi connectivity index (χ3v) is 7.37. The minimum absolute atomic E-state index is 0.0391. The number of nitrogens with one attached hydrogen (secondary N) is 1. The van der Waals surface area contributed by atoms with Crippen LogP contribution in [0.25, 0.3) is 0 Å². The third-order valence-electron chi connectivity index (χ3n) is 7.37. The molecule has 4 aliphatic rings. The molecule has 4 fully saturated rings. The first kappa shape index (κ1) is 18.0. The fourth-order valence-corrected chi connectivity index (χ4v) is 6.32. The van der Waals surface area contributed by atoms with Gasteiger partial charge in [-0.2, -0.15) is 0 Å². The van der Waals surface area contributed by atoms with Crippen LogP contribution in [0.4, 0.5) is 0 Å². The molecule has 1 aromatic carbocycles. The maximum atomic E-state index is 13.2.